The van der Waals surface area contributed by atoms with Gasteiger partial charge in [-0.3, -0.25) is 4.79 Å². The van der Waals surface area contributed by atoms with Crippen LogP contribution in [0.25, 0.3) is 10.9 Å². The Morgan fingerprint density at radius 3 is 2.53 bits per heavy atom. The fourth-order valence-corrected chi connectivity index (χ4v) is 4.80. The standard InChI is InChI=1S/C27H32ClN5O/c1-2-31-14-16-32(17-15-31)25(34)12-13-33(19-20-6-4-3-5-7-20)27-23-11-10-22(28)18-24(23)29-26(30-27)21-8-9-21/h3-7,10-11,18,21H,2,8-9,12-17,19H2,1H3. The smallest absolute Gasteiger partial charge is 0.224 e. The first-order valence-electron chi connectivity index (χ1n) is 12.4. The molecular formula is C27H32ClN5O. The highest BCUT2D eigenvalue weighted by molar-refractivity contribution is 6.31. The van der Waals surface area contributed by atoms with Crippen LogP contribution in [0, 0.1) is 0 Å². The van der Waals surface area contributed by atoms with Gasteiger partial charge in [0.25, 0.3) is 0 Å². The van der Waals surface area contributed by atoms with E-state index in [9.17, 15) is 4.79 Å². The number of carbonyl (C=O) groups is 1. The normalized spacial score (nSPS) is 16.7. The predicted molar refractivity (Wildman–Crippen MR) is 137 cm³/mol. The van der Waals surface area contributed by atoms with Crippen molar-refractivity contribution >= 4 is 34.2 Å². The van der Waals surface area contributed by atoms with Gasteiger partial charge in [0.15, 0.2) is 0 Å². The quantitative estimate of drug-likeness (QED) is 0.469. The van der Waals surface area contributed by atoms with Crippen LogP contribution in [0.4, 0.5) is 5.82 Å². The molecule has 0 bridgehead atoms. The molecule has 1 aliphatic carbocycles. The summed E-state index contributed by atoms with van der Waals surface area (Å²) in [5.74, 6) is 2.44. The average molecular weight is 478 g/mol. The van der Waals surface area contributed by atoms with Crippen molar-refractivity contribution in [3.05, 3.63) is 64.9 Å². The topological polar surface area (TPSA) is 52.6 Å². The van der Waals surface area contributed by atoms with E-state index in [4.69, 9.17) is 21.6 Å². The van der Waals surface area contributed by atoms with Crippen LogP contribution >= 0.6 is 11.6 Å². The Morgan fingerprint density at radius 1 is 1.06 bits per heavy atom. The number of hydrogen-bond acceptors (Lipinski definition) is 5. The maximum absolute atomic E-state index is 13.1. The van der Waals surface area contributed by atoms with Gasteiger partial charge in [-0.1, -0.05) is 48.9 Å². The molecule has 6 nitrogen and oxygen atoms in total. The van der Waals surface area contributed by atoms with E-state index >= 15 is 0 Å². The third-order valence-electron chi connectivity index (χ3n) is 6.88. The van der Waals surface area contributed by atoms with Crippen LogP contribution in [0.1, 0.15) is 43.5 Å². The number of halogens is 1. The zero-order chi connectivity index (χ0) is 23.5. The van der Waals surface area contributed by atoms with Crippen LogP contribution in [0.5, 0.6) is 0 Å². The fourth-order valence-electron chi connectivity index (χ4n) is 4.63. The molecule has 2 fully saturated rings. The lowest BCUT2D eigenvalue weighted by molar-refractivity contribution is -0.132. The van der Waals surface area contributed by atoms with Crippen molar-refractivity contribution in [2.75, 3.05) is 44.2 Å². The van der Waals surface area contributed by atoms with Crippen molar-refractivity contribution in [3.63, 3.8) is 0 Å². The highest BCUT2D eigenvalue weighted by Crippen LogP contribution is 2.40. The molecule has 0 spiro atoms. The van der Waals surface area contributed by atoms with Crippen molar-refractivity contribution in [1.29, 1.82) is 0 Å². The predicted octanol–water partition coefficient (Wildman–Crippen LogP) is 4.72. The summed E-state index contributed by atoms with van der Waals surface area (Å²) < 4.78 is 0. The number of carbonyl (C=O) groups excluding carboxylic acids is 1. The molecule has 0 N–H and O–H groups in total. The minimum atomic E-state index is 0.220. The van der Waals surface area contributed by atoms with Gasteiger partial charge in [-0.25, -0.2) is 9.97 Å². The number of piperazine rings is 1. The molecule has 1 aromatic heterocycles. The molecule has 2 heterocycles. The molecule has 7 heteroatoms. The van der Waals surface area contributed by atoms with E-state index in [1.165, 1.54) is 5.56 Å². The first-order chi connectivity index (χ1) is 16.6. The van der Waals surface area contributed by atoms with Crippen molar-refractivity contribution < 1.29 is 4.79 Å². The molecule has 2 aromatic carbocycles. The number of likely N-dealkylation sites (N-methyl/N-ethyl adjacent to an activating group) is 1. The number of hydrogen-bond donors (Lipinski definition) is 0. The molecule has 178 valence electrons. The third-order valence-corrected chi connectivity index (χ3v) is 7.12. The van der Waals surface area contributed by atoms with Crippen molar-refractivity contribution in [2.45, 2.75) is 38.6 Å². The molecular weight excluding hydrogens is 446 g/mol. The molecule has 1 saturated carbocycles. The first kappa shape index (κ1) is 23.1. The van der Waals surface area contributed by atoms with E-state index in [-0.39, 0.29) is 5.91 Å². The molecule has 0 atom stereocenters. The Balaban J connectivity index is 1.42. The summed E-state index contributed by atoms with van der Waals surface area (Å²) >= 11 is 6.31. The fraction of sp³-hybridized carbons (Fsp3) is 0.444. The molecule has 34 heavy (non-hydrogen) atoms. The van der Waals surface area contributed by atoms with Crippen LogP contribution in [0.2, 0.25) is 5.02 Å². The van der Waals surface area contributed by atoms with E-state index in [2.05, 4.69) is 41.0 Å². The number of fused-ring (bicyclic) bond motifs is 1. The van der Waals surface area contributed by atoms with Crippen molar-refractivity contribution in [3.8, 4) is 0 Å². The van der Waals surface area contributed by atoms with Crippen LogP contribution in [-0.4, -0.2) is 64.9 Å². The van der Waals surface area contributed by atoms with Crippen LogP contribution < -0.4 is 4.90 Å². The van der Waals surface area contributed by atoms with E-state index in [0.29, 0.717) is 30.5 Å². The zero-order valence-corrected chi connectivity index (χ0v) is 20.5. The SMILES string of the molecule is CCN1CCN(C(=O)CCN(Cc2ccccc2)c2nc(C3CC3)nc3cc(Cl)ccc23)CC1. The van der Waals surface area contributed by atoms with E-state index in [1.54, 1.807) is 0 Å². The van der Waals surface area contributed by atoms with Crippen molar-refractivity contribution in [1.82, 2.24) is 19.8 Å². The van der Waals surface area contributed by atoms with E-state index in [0.717, 1.165) is 68.1 Å². The zero-order valence-electron chi connectivity index (χ0n) is 19.8. The monoisotopic (exact) mass is 477 g/mol. The van der Waals surface area contributed by atoms with Crippen LogP contribution in [0.15, 0.2) is 48.5 Å². The second-order valence-electron chi connectivity index (χ2n) is 9.31. The molecule has 1 aliphatic heterocycles. The number of rotatable bonds is 8. The minimum absolute atomic E-state index is 0.220. The lowest BCUT2D eigenvalue weighted by atomic mass is 10.1. The Bertz CT molecular complexity index is 1140. The lowest BCUT2D eigenvalue weighted by Crippen LogP contribution is -2.49. The highest BCUT2D eigenvalue weighted by atomic mass is 35.5. The highest BCUT2D eigenvalue weighted by Gasteiger charge is 2.29. The number of benzene rings is 2. The number of aromatic nitrogens is 2. The summed E-state index contributed by atoms with van der Waals surface area (Å²) in [6, 6.07) is 16.2. The maximum atomic E-state index is 13.1. The van der Waals surface area contributed by atoms with Crippen molar-refractivity contribution in [2.24, 2.45) is 0 Å². The second kappa shape index (κ2) is 10.3. The molecule has 2 aliphatic rings. The second-order valence-corrected chi connectivity index (χ2v) is 9.75. The molecule has 5 rings (SSSR count). The summed E-state index contributed by atoms with van der Waals surface area (Å²) in [6.07, 6.45) is 2.73. The van der Waals surface area contributed by atoms with Gasteiger partial charge in [-0.2, -0.15) is 0 Å². The number of anilines is 1. The van der Waals surface area contributed by atoms with Gasteiger partial charge in [0.1, 0.15) is 11.6 Å². The summed E-state index contributed by atoms with van der Waals surface area (Å²) in [5.41, 5.74) is 2.07. The van der Waals surface area contributed by atoms with E-state index in [1.807, 2.05) is 29.2 Å². The van der Waals surface area contributed by atoms with Gasteiger partial charge in [-0.15, -0.1) is 0 Å². The third kappa shape index (κ3) is 5.34. The van der Waals surface area contributed by atoms with Gasteiger partial charge >= 0.3 is 0 Å². The summed E-state index contributed by atoms with van der Waals surface area (Å²) in [5, 5.41) is 1.66. The molecule has 1 amide bonds. The van der Waals surface area contributed by atoms with Crippen LogP contribution in [0.3, 0.4) is 0 Å². The molecule has 3 aromatic rings. The van der Waals surface area contributed by atoms with Gasteiger partial charge in [0.2, 0.25) is 5.91 Å². The Hall–Kier alpha value is -2.70. The lowest BCUT2D eigenvalue weighted by Gasteiger charge is -2.34. The molecule has 1 saturated heterocycles. The summed E-state index contributed by atoms with van der Waals surface area (Å²) in [6.45, 7) is 8.06. The van der Waals surface area contributed by atoms with Gasteiger partial charge in [0.05, 0.1) is 5.52 Å². The van der Waals surface area contributed by atoms with Gasteiger partial charge < -0.3 is 14.7 Å². The van der Waals surface area contributed by atoms with Gasteiger partial charge in [-0.05, 0) is 43.1 Å². The van der Waals surface area contributed by atoms with E-state index < -0.39 is 0 Å². The first-order valence-corrected chi connectivity index (χ1v) is 12.7. The number of nitrogens with zero attached hydrogens (tertiary/aromatic N) is 5. The number of amides is 1. The largest absolute Gasteiger partial charge is 0.351 e. The minimum Gasteiger partial charge on any atom is -0.351 e. The summed E-state index contributed by atoms with van der Waals surface area (Å²) in [4.78, 5) is 29.6. The average Bonchev–Trinajstić information content (AvgIpc) is 3.72. The molecule has 0 unspecified atom stereocenters. The Labute approximate surface area is 206 Å². The Kier molecular flexibility index (Phi) is 6.97. The van der Waals surface area contributed by atoms with Crippen LogP contribution in [-0.2, 0) is 11.3 Å². The Morgan fingerprint density at radius 2 is 1.82 bits per heavy atom. The molecule has 0 radical (unpaired) electrons. The summed E-state index contributed by atoms with van der Waals surface area (Å²) in [7, 11) is 0. The van der Waals surface area contributed by atoms with Gasteiger partial charge in [0, 0.05) is 62.0 Å². The maximum Gasteiger partial charge on any atom is 0.224 e.